The number of hydrogen-bond donors (Lipinski definition) is 1. The van der Waals surface area contributed by atoms with Crippen molar-refractivity contribution in [2.24, 2.45) is 5.73 Å². The number of aryl methyl sites for hydroxylation is 1. The molecule has 0 spiro atoms. The summed E-state index contributed by atoms with van der Waals surface area (Å²) >= 11 is 0. The third kappa shape index (κ3) is 5.29. The quantitative estimate of drug-likeness (QED) is 0.817. The summed E-state index contributed by atoms with van der Waals surface area (Å²) < 4.78 is 10.4. The summed E-state index contributed by atoms with van der Waals surface area (Å²) in [5, 5.41) is 0. The van der Waals surface area contributed by atoms with Gasteiger partial charge in [-0.3, -0.25) is 0 Å². The van der Waals surface area contributed by atoms with E-state index in [0.717, 1.165) is 11.1 Å². The fraction of sp³-hybridized carbons (Fsp3) is 0.500. The Morgan fingerprint density at radius 3 is 2.17 bits per heavy atom. The van der Waals surface area contributed by atoms with Gasteiger partial charge in [-0.05, 0) is 33.4 Å². The Labute approximate surface area is 109 Å². The van der Waals surface area contributed by atoms with Crippen molar-refractivity contribution in [3.63, 3.8) is 0 Å². The lowest BCUT2D eigenvalue weighted by atomic mass is 10.1. The molecule has 102 valence electrons. The molecule has 1 rings (SSSR count). The molecule has 0 heterocycles. The molecule has 1 aromatic rings. The number of hydrogen-bond acceptors (Lipinski definition) is 4. The Morgan fingerprint density at radius 2 is 1.72 bits per heavy atom. The lowest BCUT2D eigenvalue weighted by Crippen LogP contribution is -2.19. The third-order valence-corrected chi connectivity index (χ3v) is 2.21. The number of ether oxygens (including phenoxy) is 2. The van der Waals surface area contributed by atoms with E-state index < -0.39 is 6.10 Å². The van der Waals surface area contributed by atoms with Gasteiger partial charge in [0.25, 0.3) is 0 Å². The molecule has 0 aromatic heterocycles. The van der Waals surface area contributed by atoms with Gasteiger partial charge in [-0.25, -0.2) is 4.79 Å². The van der Waals surface area contributed by atoms with Crippen LogP contribution in [0.5, 0.6) is 0 Å². The van der Waals surface area contributed by atoms with Crippen molar-refractivity contribution < 1.29 is 14.3 Å². The van der Waals surface area contributed by atoms with Crippen molar-refractivity contribution in [2.45, 2.75) is 26.9 Å². The lowest BCUT2D eigenvalue weighted by molar-refractivity contribution is -0.157. The summed E-state index contributed by atoms with van der Waals surface area (Å²) in [5.41, 5.74) is 6.49. The molecule has 0 saturated heterocycles. The van der Waals surface area contributed by atoms with Crippen LogP contribution in [-0.4, -0.2) is 26.2 Å². The van der Waals surface area contributed by atoms with E-state index in [2.05, 4.69) is 5.73 Å². The number of carbonyl (C=O) groups excluding carboxylic acids is 1. The largest absolute Gasteiger partial charge is 0.464 e. The molecule has 1 atom stereocenters. The highest BCUT2D eigenvalue weighted by Crippen LogP contribution is 2.19. The summed E-state index contributed by atoms with van der Waals surface area (Å²) in [4.78, 5) is 11.7. The summed E-state index contributed by atoms with van der Waals surface area (Å²) in [7, 11) is 1.50. The van der Waals surface area contributed by atoms with Gasteiger partial charge in [-0.15, -0.1) is 0 Å². The van der Waals surface area contributed by atoms with Gasteiger partial charge < -0.3 is 15.2 Å². The smallest absolute Gasteiger partial charge is 0.339 e. The predicted octanol–water partition coefficient (Wildman–Crippen LogP) is 2.21. The first kappa shape index (κ1) is 16.6. The Hall–Kier alpha value is -1.39. The van der Waals surface area contributed by atoms with E-state index in [0.29, 0.717) is 13.2 Å². The number of carbonyl (C=O) groups is 1. The Kier molecular flexibility index (Phi) is 8.88. The van der Waals surface area contributed by atoms with Gasteiger partial charge in [0.05, 0.1) is 6.61 Å². The Morgan fingerprint density at radius 1 is 1.17 bits per heavy atom. The van der Waals surface area contributed by atoms with E-state index in [9.17, 15) is 4.79 Å². The highest BCUT2D eigenvalue weighted by Gasteiger charge is 2.21. The molecular weight excluding hydrogens is 230 g/mol. The first-order valence-corrected chi connectivity index (χ1v) is 6.11. The summed E-state index contributed by atoms with van der Waals surface area (Å²) in [6.45, 7) is 6.51. The van der Waals surface area contributed by atoms with Crippen molar-refractivity contribution in [3.8, 4) is 0 Å². The van der Waals surface area contributed by atoms with Crippen molar-refractivity contribution in [3.05, 3.63) is 35.4 Å². The molecule has 4 heteroatoms. The van der Waals surface area contributed by atoms with Crippen molar-refractivity contribution in [1.82, 2.24) is 0 Å². The summed E-state index contributed by atoms with van der Waals surface area (Å²) in [6, 6.07) is 7.71. The van der Waals surface area contributed by atoms with E-state index in [1.165, 1.54) is 7.05 Å². The molecule has 0 aliphatic heterocycles. The third-order valence-electron chi connectivity index (χ3n) is 2.21. The van der Waals surface area contributed by atoms with Crippen molar-refractivity contribution in [2.75, 3.05) is 20.3 Å². The molecule has 0 radical (unpaired) electrons. The van der Waals surface area contributed by atoms with E-state index in [1.54, 1.807) is 6.92 Å². The van der Waals surface area contributed by atoms with E-state index in [1.807, 2.05) is 38.1 Å². The zero-order valence-corrected chi connectivity index (χ0v) is 11.6. The highest BCUT2D eigenvalue weighted by molar-refractivity contribution is 5.76. The van der Waals surface area contributed by atoms with Crippen molar-refractivity contribution in [1.29, 1.82) is 0 Å². The molecule has 0 saturated carbocycles. The van der Waals surface area contributed by atoms with Crippen LogP contribution in [0.1, 0.15) is 31.1 Å². The van der Waals surface area contributed by atoms with Crippen LogP contribution in [0.2, 0.25) is 0 Å². The van der Waals surface area contributed by atoms with Crippen LogP contribution in [-0.2, 0) is 14.3 Å². The van der Waals surface area contributed by atoms with Crippen LogP contribution in [0.4, 0.5) is 0 Å². The van der Waals surface area contributed by atoms with Gasteiger partial charge in [0.2, 0.25) is 0 Å². The van der Waals surface area contributed by atoms with Gasteiger partial charge in [0.15, 0.2) is 6.10 Å². The Bertz CT molecular complexity index is 335. The number of benzene rings is 1. The molecule has 18 heavy (non-hydrogen) atoms. The maximum absolute atomic E-state index is 11.7. The maximum atomic E-state index is 11.7. The number of rotatable bonds is 5. The second-order valence-electron chi connectivity index (χ2n) is 3.50. The fourth-order valence-corrected chi connectivity index (χ4v) is 1.43. The van der Waals surface area contributed by atoms with Crippen LogP contribution in [0.3, 0.4) is 0 Å². The molecule has 0 aliphatic rings. The normalized spacial score (nSPS) is 11.2. The number of nitrogens with two attached hydrogens (primary N) is 1. The average Bonchev–Trinajstić information content (AvgIpc) is 2.40. The van der Waals surface area contributed by atoms with E-state index >= 15 is 0 Å². The molecule has 1 aromatic carbocycles. The molecule has 0 aliphatic carbocycles. The zero-order valence-electron chi connectivity index (χ0n) is 11.6. The standard InChI is InChI=1S/C13H18O3.CH5N/c1-4-15-12(13(14)16-5-2)11-8-6-10(3)7-9-11;1-2/h6-9,12H,4-5H2,1-3H3;2H2,1H3. The molecule has 1 unspecified atom stereocenters. The predicted molar refractivity (Wildman–Crippen MR) is 72.3 cm³/mol. The second-order valence-corrected chi connectivity index (χ2v) is 3.50. The highest BCUT2D eigenvalue weighted by atomic mass is 16.6. The molecule has 2 N–H and O–H groups in total. The molecule has 0 bridgehead atoms. The van der Waals surface area contributed by atoms with Crippen LogP contribution < -0.4 is 5.73 Å². The SMILES string of the molecule is CCOC(=O)C(OCC)c1ccc(C)cc1.CN. The van der Waals surface area contributed by atoms with Crippen molar-refractivity contribution >= 4 is 5.97 Å². The van der Waals surface area contributed by atoms with Crippen LogP contribution in [0.25, 0.3) is 0 Å². The fourth-order valence-electron chi connectivity index (χ4n) is 1.43. The van der Waals surface area contributed by atoms with Gasteiger partial charge in [-0.1, -0.05) is 29.8 Å². The minimum Gasteiger partial charge on any atom is -0.464 e. The van der Waals surface area contributed by atoms with Gasteiger partial charge in [0, 0.05) is 6.61 Å². The van der Waals surface area contributed by atoms with Gasteiger partial charge >= 0.3 is 5.97 Å². The van der Waals surface area contributed by atoms with Gasteiger partial charge in [-0.2, -0.15) is 0 Å². The van der Waals surface area contributed by atoms with Crippen LogP contribution in [0.15, 0.2) is 24.3 Å². The molecular formula is C14H23NO3. The van der Waals surface area contributed by atoms with E-state index in [4.69, 9.17) is 9.47 Å². The van der Waals surface area contributed by atoms with Gasteiger partial charge in [0.1, 0.15) is 0 Å². The first-order valence-electron chi connectivity index (χ1n) is 6.11. The lowest BCUT2D eigenvalue weighted by Gasteiger charge is -2.15. The first-order chi connectivity index (χ1) is 8.69. The van der Waals surface area contributed by atoms with Crippen LogP contribution >= 0.6 is 0 Å². The maximum Gasteiger partial charge on any atom is 0.339 e. The molecule has 0 amide bonds. The topological polar surface area (TPSA) is 61.5 Å². The monoisotopic (exact) mass is 253 g/mol. The minimum absolute atomic E-state index is 0.326. The molecule has 0 fully saturated rings. The van der Waals surface area contributed by atoms with E-state index in [-0.39, 0.29) is 5.97 Å². The summed E-state index contributed by atoms with van der Waals surface area (Å²) in [5.74, 6) is -0.326. The zero-order chi connectivity index (χ0) is 14.0. The molecule has 4 nitrogen and oxygen atoms in total. The Balaban J connectivity index is 0.00000137. The van der Waals surface area contributed by atoms with Crippen LogP contribution in [0, 0.1) is 6.92 Å². The number of esters is 1. The average molecular weight is 253 g/mol. The summed E-state index contributed by atoms with van der Waals surface area (Å²) in [6.07, 6.45) is -0.606. The minimum atomic E-state index is -0.606. The second kappa shape index (κ2) is 9.62.